The Hall–Kier alpha value is -1.38. The van der Waals surface area contributed by atoms with E-state index in [1.807, 2.05) is 0 Å². The summed E-state index contributed by atoms with van der Waals surface area (Å²) in [5.74, 6) is 0. The fourth-order valence-electron chi connectivity index (χ4n) is 1.26. The summed E-state index contributed by atoms with van der Waals surface area (Å²) in [5.41, 5.74) is -2.89. The zero-order valence-corrected chi connectivity index (χ0v) is 8.75. The van der Waals surface area contributed by atoms with Crippen LogP contribution in [0.25, 0.3) is 0 Å². The van der Waals surface area contributed by atoms with Crippen molar-refractivity contribution < 1.29 is 9.84 Å². The van der Waals surface area contributed by atoms with Crippen molar-refractivity contribution in [3.8, 4) is 0 Å². The number of rotatable bonds is 3. The van der Waals surface area contributed by atoms with Gasteiger partial charge in [0.05, 0.1) is 19.3 Å². The van der Waals surface area contributed by atoms with Crippen LogP contribution in [-0.4, -0.2) is 31.0 Å². The van der Waals surface area contributed by atoms with E-state index in [0.717, 1.165) is 4.57 Å². The van der Waals surface area contributed by atoms with Crippen LogP contribution in [0.1, 0.15) is 0 Å². The van der Waals surface area contributed by atoms with Crippen molar-refractivity contribution in [3.05, 3.63) is 31.5 Å². The van der Waals surface area contributed by atoms with E-state index in [0.29, 0.717) is 11.2 Å². The van der Waals surface area contributed by atoms with Gasteiger partial charge in [-0.2, -0.15) is 4.09 Å². The van der Waals surface area contributed by atoms with Gasteiger partial charge in [0.1, 0.15) is 6.73 Å². The average molecular weight is 250 g/mol. The molecule has 2 rings (SSSR count). The maximum atomic E-state index is 11.6. The molecule has 8 nitrogen and oxygen atoms in total. The molecule has 1 unspecified atom stereocenters. The van der Waals surface area contributed by atoms with E-state index in [4.69, 9.17) is 21.6 Å². The van der Waals surface area contributed by atoms with Crippen molar-refractivity contribution in [2.45, 2.75) is 19.4 Å². The van der Waals surface area contributed by atoms with Gasteiger partial charge in [0.15, 0.2) is 0 Å². The number of nitrogens with zero attached hydrogens (tertiary/aromatic N) is 3. The number of hydrogen-bond donors (Lipinski definition) is 1. The Morgan fingerprint density at radius 1 is 1.25 bits per heavy atom. The molecule has 1 N–H and O–H groups in total. The van der Waals surface area contributed by atoms with Crippen LogP contribution < -0.4 is 17.1 Å². The molecule has 0 saturated carbocycles. The molecule has 0 amide bonds. The van der Waals surface area contributed by atoms with Crippen molar-refractivity contribution in [1.29, 1.82) is 0 Å². The van der Waals surface area contributed by atoms with E-state index in [1.54, 1.807) is 0 Å². The van der Waals surface area contributed by atoms with Gasteiger partial charge in [-0.1, -0.05) is 0 Å². The van der Waals surface area contributed by atoms with Gasteiger partial charge < -0.3 is 9.84 Å². The Morgan fingerprint density at radius 2 is 1.81 bits per heavy atom. The van der Waals surface area contributed by atoms with Gasteiger partial charge in [0.2, 0.25) is 0 Å². The minimum Gasteiger partial charge on any atom is -0.376 e. The second-order valence-electron chi connectivity index (χ2n) is 3.26. The molecule has 0 bridgehead atoms. The minimum atomic E-state index is -1.06. The Kier molecular flexibility index (Phi) is 2.70. The third kappa shape index (κ3) is 1.70. The van der Waals surface area contributed by atoms with Crippen LogP contribution in [0.4, 0.5) is 0 Å². The van der Waals surface area contributed by atoms with E-state index >= 15 is 0 Å². The third-order valence-electron chi connectivity index (χ3n) is 2.19. The number of halogens is 1. The number of aliphatic hydroxyl groups is 1. The van der Waals surface area contributed by atoms with Crippen LogP contribution in [0, 0.1) is 0 Å². The van der Waals surface area contributed by atoms with E-state index in [2.05, 4.69) is 0 Å². The van der Waals surface area contributed by atoms with Gasteiger partial charge in [0, 0.05) is 11.8 Å². The summed E-state index contributed by atoms with van der Waals surface area (Å²) < 4.78 is 6.32. The highest BCUT2D eigenvalue weighted by Crippen LogP contribution is 2.08. The van der Waals surface area contributed by atoms with E-state index < -0.39 is 23.8 Å². The summed E-state index contributed by atoms with van der Waals surface area (Å²) in [7, 11) is 0. The number of ether oxygens (including phenoxy) is 1. The van der Waals surface area contributed by atoms with Crippen molar-refractivity contribution in [1.82, 2.24) is 13.2 Å². The average Bonchev–Trinajstić information content (AvgIpc) is 3.06. The molecule has 1 aromatic heterocycles. The van der Waals surface area contributed by atoms with Gasteiger partial charge in [0.25, 0.3) is 0 Å². The molecule has 0 aromatic carbocycles. The summed E-state index contributed by atoms with van der Waals surface area (Å²) >= 11 is 5.40. The second kappa shape index (κ2) is 3.89. The zero-order valence-electron chi connectivity index (χ0n) is 8.00. The third-order valence-corrected chi connectivity index (χ3v) is 2.48. The van der Waals surface area contributed by atoms with Crippen LogP contribution in [-0.2, 0) is 18.0 Å². The standard InChI is InChI=1S/C7H8ClN3O5/c8-11-6(14)9(1-4-2-16-4)5(13)10(3-12)7(11)15/h4,12H,1-3H2. The van der Waals surface area contributed by atoms with Gasteiger partial charge in [-0.05, 0) is 0 Å². The van der Waals surface area contributed by atoms with Gasteiger partial charge >= 0.3 is 17.1 Å². The molecule has 1 aliphatic heterocycles. The SMILES string of the molecule is O=c1n(Cl)c(=O)n(CC2CO2)c(=O)n1CO. The fraction of sp³-hybridized carbons (Fsp3) is 0.571. The van der Waals surface area contributed by atoms with Crippen LogP contribution in [0.15, 0.2) is 14.4 Å². The molecule has 88 valence electrons. The van der Waals surface area contributed by atoms with E-state index in [1.165, 1.54) is 0 Å². The predicted octanol–water partition coefficient (Wildman–Crippen LogP) is -2.48. The second-order valence-corrected chi connectivity index (χ2v) is 3.60. The molecule has 1 aliphatic rings. The molecule has 0 radical (unpaired) electrons. The maximum Gasteiger partial charge on any atom is 0.353 e. The van der Waals surface area contributed by atoms with Gasteiger partial charge in [-0.3, -0.25) is 0 Å². The molecule has 1 saturated heterocycles. The van der Waals surface area contributed by atoms with Crippen LogP contribution in [0.3, 0.4) is 0 Å². The molecule has 0 spiro atoms. The molecular weight excluding hydrogens is 242 g/mol. The number of aromatic nitrogens is 3. The lowest BCUT2D eigenvalue weighted by molar-refractivity contribution is 0.192. The quantitative estimate of drug-likeness (QED) is 0.598. The highest BCUT2D eigenvalue weighted by Gasteiger charge is 2.26. The number of epoxide rings is 1. The highest BCUT2D eigenvalue weighted by molar-refractivity contribution is 6.14. The first kappa shape index (κ1) is 11.1. The molecule has 1 aromatic rings. The predicted molar refractivity (Wildman–Crippen MR) is 52.4 cm³/mol. The fourth-order valence-corrected chi connectivity index (χ4v) is 1.44. The molecule has 9 heteroatoms. The Bertz CT molecular complexity index is 581. The Labute approximate surface area is 93.0 Å². The first-order chi connectivity index (χ1) is 7.56. The number of aliphatic hydroxyl groups excluding tert-OH is 1. The molecule has 0 aliphatic carbocycles. The topological polar surface area (TPSA) is 98.8 Å². The van der Waals surface area contributed by atoms with Crippen LogP contribution in [0.2, 0.25) is 0 Å². The number of hydrogen-bond acceptors (Lipinski definition) is 5. The molecular formula is C7H8ClN3O5. The Morgan fingerprint density at radius 3 is 2.31 bits per heavy atom. The van der Waals surface area contributed by atoms with Gasteiger partial charge in [-0.15, -0.1) is 0 Å². The van der Waals surface area contributed by atoms with E-state index in [-0.39, 0.29) is 16.7 Å². The smallest absolute Gasteiger partial charge is 0.353 e. The highest BCUT2D eigenvalue weighted by atomic mass is 35.5. The lowest BCUT2D eigenvalue weighted by Crippen LogP contribution is -2.52. The van der Waals surface area contributed by atoms with Crippen LogP contribution >= 0.6 is 11.8 Å². The largest absolute Gasteiger partial charge is 0.376 e. The molecule has 1 fully saturated rings. The van der Waals surface area contributed by atoms with Crippen molar-refractivity contribution >= 4 is 11.8 Å². The monoisotopic (exact) mass is 249 g/mol. The summed E-state index contributed by atoms with van der Waals surface area (Å²) in [6.45, 7) is -0.368. The van der Waals surface area contributed by atoms with Gasteiger partial charge in [-0.25, -0.2) is 23.5 Å². The summed E-state index contributed by atoms with van der Waals surface area (Å²) in [5, 5.41) is 8.83. The summed E-state index contributed by atoms with van der Waals surface area (Å²) in [6.07, 6.45) is -0.216. The van der Waals surface area contributed by atoms with Crippen LogP contribution in [0.5, 0.6) is 0 Å². The first-order valence-corrected chi connectivity index (χ1v) is 4.75. The summed E-state index contributed by atoms with van der Waals surface area (Å²) in [4.78, 5) is 34.4. The molecule has 1 atom stereocenters. The van der Waals surface area contributed by atoms with Crippen molar-refractivity contribution in [3.63, 3.8) is 0 Å². The lowest BCUT2D eigenvalue weighted by Gasteiger charge is -2.06. The molecule has 2 heterocycles. The Balaban J connectivity index is 2.67. The maximum absolute atomic E-state index is 11.6. The molecule has 16 heavy (non-hydrogen) atoms. The first-order valence-electron chi connectivity index (χ1n) is 4.41. The minimum absolute atomic E-state index is 0.0185. The summed E-state index contributed by atoms with van der Waals surface area (Å²) in [6, 6.07) is 0. The lowest BCUT2D eigenvalue weighted by atomic mass is 10.5. The van der Waals surface area contributed by atoms with E-state index in [9.17, 15) is 14.4 Å². The van der Waals surface area contributed by atoms with Crippen molar-refractivity contribution in [2.75, 3.05) is 6.61 Å². The van der Waals surface area contributed by atoms with Crippen molar-refractivity contribution in [2.24, 2.45) is 0 Å². The normalized spacial score (nSPS) is 18.8. The zero-order chi connectivity index (χ0) is 11.9.